The van der Waals surface area contributed by atoms with Gasteiger partial charge in [0.15, 0.2) is 9.84 Å². The maximum Gasteiger partial charge on any atom is 0.151 e. The number of methoxy groups -OCH3 is 1. The van der Waals surface area contributed by atoms with Crippen molar-refractivity contribution in [3.63, 3.8) is 0 Å². The molecule has 1 rings (SSSR count). The molecule has 0 saturated carbocycles. The lowest BCUT2D eigenvalue weighted by molar-refractivity contribution is 0.414. The Morgan fingerprint density at radius 3 is 2.59 bits per heavy atom. The summed E-state index contributed by atoms with van der Waals surface area (Å²) in [4.78, 5) is -0.0930. The molecule has 0 aliphatic rings. The zero-order valence-electron chi connectivity index (χ0n) is 10.2. The SMILES string of the molecule is COc1cccc(CC(Br)C(C)S(C)(=O)=O)c1. The van der Waals surface area contributed by atoms with Crippen molar-refractivity contribution in [1.29, 1.82) is 0 Å². The van der Waals surface area contributed by atoms with Crippen molar-refractivity contribution in [2.75, 3.05) is 13.4 Å². The number of rotatable bonds is 5. The Morgan fingerprint density at radius 2 is 2.06 bits per heavy atom. The Labute approximate surface area is 111 Å². The van der Waals surface area contributed by atoms with Crippen LogP contribution in [0.15, 0.2) is 24.3 Å². The first-order chi connectivity index (χ1) is 7.84. The van der Waals surface area contributed by atoms with Crippen LogP contribution < -0.4 is 4.74 Å². The number of hydrogen-bond acceptors (Lipinski definition) is 3. The Kier molecular flexibility index (Phi) is 5.01. The van der Waals surface area contributed by atoms with Crippen LogP contribution >= 0.6 is 15.9 Å². The molecule has 1 aromatic carbocycles. The Morgan fingerprint density at radius 1 is 1.41 bits per heavy atom. The second-order valence-corrected chi connectivity index (χ2v) is 7.69. The summed E-state index contributed by atoms with van der Waals surface area (Å²) in [5.74, 6) is 0.786. The van der Waals surface area contributed by atoms with E-state index in [0.29, 0.717) is 6.42 Å². The lowest BCUT2D eigenvalue weighted by atomic mass is 10.1. The van der Waals surface area contributed by atoms with Gasteiger partial charge in [0.2, 0.25) is 0 Å². The molecule has 96 valence electrons. The van der Waals surface area contributed by atoms with Gasteiger partial charge in [0.25, 0.3) is 0 Å². The molecular weight excluding hydrogens is 304 g/mol. The number of sulfone groups is 1. The first-order valence-corrected chi connectivity index (χ1v) is 8.17. The highest BCUT2D eigenvalue weighted by atomic mass is 79.9. The third-order valence-electron chi connectivity index (χ3n) is 2.75. The molecule has 0 N–H and O–H groups in total. The van der Waals surface area contributed by atoms with E-state index in [9.17, 15) is 8.42 Å². The van der Waals surface area contributed by atoms with E-state index in [4.69, 9.17) is 4.74 Å². The monoisotopic (exact) mass is 320 g/mol. The molecule has 0 radical (unpaired) electrons. The zero-order chi connectivity index (χ0) is 13.1. The molecule has 1 aromatic rings. The van der Waals surface area contributed by atoms with Gasteiger partial charge in [0, 0.05) is 11.1 Å². The summed E-state index contributed by atoms with van der Waals surface area (Å²) >= 11 is 3.44. The van der Waals surface area contributed by atoms with Gasteiger partial charge in [0.1, 0.15) is 5.75 Å². The highest BCUT2D eigenvalue weighted by Gasteiger charge is 2.23. The van der Waals surface area contributed by atoms with Crippen molar-refractivity contribution in [1.82, 2.24) is 0 Å². The van der Waals surface area contributed by atoms with E-state index in [2.05, 4.69) is 15.9 Å². The molecule has 0 aromatic heterocycles. The van der Waals surface area contributed by atoms with Gasteiger partial charge in [-0.25, -0.2) is 8.42 Å². The van der Waals surface area contributed by atoms with E-state index in [0.717, 1.165) is 11.3 Å². The molecular formula is C12H17BrO3S. The van der Waals surface area contributed by atoms with E-state index in [1.54, 1.807) is 14.0 Å². The van der Waals surface area contributed by atoms with E-state index in [1.807, 2.05) is 24.3 Å². The normalized spacial score (nSPS) is 15.3. The topological polar surface area (TPSA) is 43.4 Å². The Hall–Kier alpha value is -0.550. The van der Waals surface area contributed by atoms with Gasteiger partial charge in [0.05, 0.1) is 12.4 Å². The summed E-state index contributed by atoms with van der Waals surface area (Å²) in [7, 11) is -1.40. The summed E-state index contributed by atoms with van der Waals surface area (Å²) in [6.45, 7) is 1.72. The van der Waals surface area contributed by atoms with E-state index >= 15 is 0 Å². The maximum atomic E-state index is 11.4. The summed E-state index contributed by atoms with van der Waals surface area (Å²) in [6, 6.07) is 7.65. The van der Waals surface area contributed by atoms with Gasteiger partial charge in [-0.3, -0.25) is 0 Å². The second-order valence-electron chi connectivity index (χ2n) is 4.11. The van der Waals surface area contributed by atoms with E-state index in [-0.39, 0.29) is 4.83 Å². The van der Waals surface area contributed by atoms with Crippen LogP contribution in [-0.4, -0.2) is 31.9 Å². The minimum atomic E-state index is -3.02. The standard InChI is InChI=1S/C12H17BrO3S/c1-9(17(3,14)15)12(13)8-10-5-4-6-11(7-10)16-2/h4-7,9,12H,8H2,1-3H3. The molecule has 5 heteroatoms. The maximum absolute atomic E-state index is 11.4. The van der Waals surface area contributed by atoms with Crippen molar-refractivity contribution < 1.29 is 13.2 Å². The van der Waals surface area contributed by atoms with Gasteiger partial charge in [-0.15, -0.1) is 0 Å². The predicted molar refractivity (Wildman–Crippen MR) is 73.7 cm³/mol. The fourth-order valence-corrected chi connectivity index (χ4v) is 3.64. The number of hydrogen-bond donors (Lipinski definition) is 0. The van der Waals surface area contributed by atoms with Crippen LogP contribution in [0.2, 0.25) is 0 Å². The average molecular weight is 321 g/mol. The molecule has 0 aliphatic heterocycles. The molecule has 0 fully saturated rings. The third-order valence-corrected chi connectivity index (χ3v) is 5.90. The summed E-state index contributed by atoms with van der Waals surface area (Å²) in [6.07, 6.45) is 1.92. The zero-order valence-corrected chi connectivity index (χ0v) is 12.6. The van der Waals surface area contributed by atoms with Gasteiger partial charge in [-0.1, -0.05) is 28.1 Å². The quantitative estimate of drug-likeness (QED) is 0.783. The Balaban J connectivity index is 2.77. The summed E-state index contributed by atoms with van der Waals surface area (Å²) < 4.78 is 28.0. The van der Waals surface area contributed by atoms with E-state index < -0.39 is 15.1 Å². The van der Waals surface area contributed by atoms with E-state index in [1.165, 1.54) is 6.26 Å². The molecule has 0 aliphatic carbocycles. The molecule has 0 amide bonds. The van der Waals surface area contributed by atoms with Crippen molar-refractivity contribution in [2.24, 2.45) is 0 Å². The molecule has 3 nitrogen and oxygen atoms in total. The fraction of sp³-hybridized carbons (Fsp3) is 0.500. The lowest BCUT2D eigenvalue weighted by Crippen LogP contribution is -2.27. The van der Waals surface area contributed by atoms with Gasteiger partial charge in [-0.2, -0.15) is 0 Å². The van der Waals surface area contributed by atoms with Crippen LogP contribution in [0.1, 0.15) is 12.5 Å². The average Bonchev–Trinajstić information content (AvgIpc) is 2.27. The number of alkyl halides is 1. The summed E-state index contributed by atoms with van der Waals surface area (Å²) in [5.41, 5.74) is 1.06. The minimum Gasteiger partial charge on any atom is -0.497 e. The fourth-order valence-electron chi connectivity index (χ4n) is 1.46. The smallest absolute Gasteiger partial charge is 0.151 e. The number of halogens is 1. The minimum absolute atomic E-state index is 0.0930. The molecule has 2 unspecified atom stereocenters. The third kappa shape index (κ3) is 4.32. The van der Waals surface area contributed by atoms with Crippen molar-refractivity contribution >= 4 is 25.8 Å². The first-order valence-electron chi connectivity index (χ1n) is 5.30. The molecule has 0 bridgehead atoms. The summed E-state index contributed by atoms with van der Waals surface area (Å²) in [5, 5.41) is -0.409. The molecule has 0 spiro atoms. The van der Waals surface area contributed by atoms with Crippen LogP contribution in [0, 0.1) is 0 Å². The van der Waals surface area contributed by atoms with Gasteiger partial charge in [-0.05, 0) is 31.0 Å². The first kappa shape index (κ1) is 14.5. The highest BCUT2D eigenvalue weighted by Crippen LogP contribution is 2.21. The molecule has 2 atom stereocenters. The van der Waals surface area contributed by atoms with Gasteiger partial charge >= 0.3 is 0 Å². The number of ether oxygens (including phenoxy) is 1. The predicted octanol–water partition coefficient (Wildman–Crippen LogP) is 2.43. The van der Waals surface area contributed by atoms with Crippen molar-refractivity contribution in [3.8, 4) is 5.75 Å². The van der Waals surface area contributed by atoms with Crippen LogP contribution in [0.25, 0.3) is 0 Å². The van der Waals surface area contributed by atoms with Gasteiger partial charge < -0.3 is 4.74 Å². The highest BCUT2D eigenvalue weighted by molar-refractivity contribution is 9.09. The Bertz CT molecular complexity index is 470. The second kappa shape index (κ2) is 5.87. The molecule has 0 saturated heterocycles. The van der Waals surface area contributed by atoms with Crippen molar-refractivity contribution in [2.45, 2.75) is 23.4 Å². The van der Waals surface area contributed by atoms with Crippen molar-refractivity contribution in [3.05, 3.63) is 29.8 Å². The number of benzene rings is 1. The van der Waals surface area contributed by atoms with Crippen LogP contribution in [0.5, 0.6) is 5.75 Å². The van der Waals surface area contributed by atoms with Crippen LogP contribution in [0.3, 0.4) is 0 Å². The van der Waals surface area contributed by atoms with Crippen LogP contribution in [-0.2, 0) is 16.3 Å². The largest absolute Gasteiger partial charge is 0.497 e. The van der Waals surface area contributed by atoms with Crippen LogP contribution in [0.4, 0.5) is 0 Å². The molecule has 17 heavy (non-hydrogen) atoms. The molecule has 0 heterocycles. The lowest BCUT2D eigenvalue weighted by Gasteiger charge is -2.16.